The van der Waals surface area contributed by atoms with Gasteiger partial charge in [-0.25, -0.2) is 4.79 Å². The molecule has 4 heteroatoms. The molecule has 0 fully saturated rings. The number of carbonyl (C=O) groups excluding carboxylic acids is 2. The van der Waals surface area contributed by atoms with E-state index in [0.717, 1.165) is 5.56 Å². The summed E-state index contributed by atoms with van der Waals surface area (Å²) in [6, 6.07) is 11.5. The van der Waals surface area contributed by atoms with Crippen LogP contribution in [-0.2, 0) is 4.74 Å². The van der Waals surface area contributed by atoms with Crippen LogP contribution in [0.1, 0.15) is 31.8 Å². The van der Waals surface area contributed by atoms with Crippen LogP contribution < -0.4 is 0 Å². The summed E-state index contributed by atoms with van der Waals surface area (Å²) < 4.78 is 4.62. The van der Waals surface area contributed by atoms with E-state index in [9.17, 15) is 9.59 Å². The lowest BCUT2D eigenvalue weighted by molar-refractivity contribution is 0.0600. The minimum absolute atomic E-state index is 0.101. The molecular formula is C16H13ClO3. The van der Waals surface area contributed by atoms with E-state index in [1.165, 1.54) is 7.11 Å². The van der Waals surface area contributed by atoms with Gasteiger partial charge in [-0.1, -0.05) is 23.7 Å². The Kier molecular flexibility index (Phi) is 4.20. The number of esters is 1. The van der Waals surface area contributed by atoms with Crippen LogP contribution in [0.2, 0.25) is 5.02 Å². The third-order valence-corrected chi connectivity index (χ3v) is 3.24. The fourth-order valence-electron chi connectivity index (χ4n) is 1.91. The highest BCUT2D eigenvalue weighted by Crippen LogP contribution is 2.19. The van der Waals surface area contributed by atoms with Crippen molar-refractivity contribution in [3.05, 3.63) is 69.7 Å². The maximum Gasteiger partial charge on any atom is 0.337 e. The van der Waals surface area contributed by atoms with Crippen molar-refractivity contribution < 1.29 is 14.3 Å². The Hall–Kier alpha value is -2.13. The lowest BCUT2D eigenvalue weighted by atomic mass is 9.98. The van der Waals surface area contributed by atoms with Gasteiger partial charge in [0.2, 0.25) is 0 Å². The van der Waals surface area contributed by atoms with Crippen LogP contribution in [0.15, 0.2) is 42.5 Å². The lowest BCUT2D eigenvalue weighted by Crippen LogP contribution is -2.05. The molecule has 2 aromatic carbocycles. The van der Waals surface area contributed by atoms with Gasteiger partial charge in [-0.05, 0) is 42.8 Å². The molecule has 0 aliphatic rings. The Labute approximate surface area is 122 Å². The van der Waals surface area contributed by atoms with Crippen molar-refractivity contribution in [1.82, 2.24) is 0 Å². The molecule has 0 N–H and O–H groups in total. The number of rotatable bonds is 3. The van der Waals surface area contributed by atoms with Crippen LogP contribution in [0.25, 0.3) is 0 Å². The molecule has 0 bridgehead atoms. The number of aryl methyl sites for hydroxylation is 1. The number of ether oxygens (including phenoxy) is 1. The predicted octanol–water partition coefficient (Wildman–Crippen LogP) is 3.67. The second kappa shape index (κ2) is 5.88. The number of ketones is 1. The number of carbonyl (C=O) groups is 2. The van der Waals surface area contributed by atoms with Crippen molar-refractivity contribution in [2.45, 2.75) is 6.92 Å². The van der Waals surface area contributed by atoms with Gasteiger partial charge >= 0.3 is 5.97 Å². The Morgan fingerprint density at radius 2 is 1.60 bits per heavy atom. The first-order chi connectivity index (χ1) is 9.52. The molecule has 0 atom stereocenters. The van der Waals surface area contributed by atoms with E-state index < -0.39 is 5.97 Å². The number of hydrogen-bond donors (Lipinski definition) is 0. The van der Waals surface area contributed by atoms with Crippen LogP contribution in [0.5, 0.6) is 0 Å². The smallest absolute Gasteiger partial charge is 0.337 e. The first-order valence-electron chi connectivity index (χ1n) is 6.02. The Morgan fingerprint density at radius 3 is 2.15 bits per heavy atom. The predicted molar refractivity (Wildman–Crippen MR) is 77.4 cm³/mol. The fraction of sp³-hybridized carbons (Fsp3) is 0.125. The van der Waals surface area contributed by atoms with Gasteiger partial charge in [0.05, 0.1) is 12.7 Å². The zero-order valence-corrected chi connectivity index (χ0v) is 11.9. The Balaban J connectivity index is 2.31. The lowest BCUT2D eigenvalue weighted by Gasteiger charge is -2.06. The van der Waals surface area contributed by atoms with E-state index in [1.54, 1.807) is 42.5 Å². The van der Waals surface area contributed by atoms with Gasteiger partial charge in [0, 0.05) is 16.1 Å². The van der Waals surface area contributed by atoms with Crippen LogP contribution in [0.4, 0.5) is 0 Å². The van der Waals surface area contributed by atoms with Gasteiger partial charge in [0.1, 0.15) is 0 Å². The average Bonchev–Trinajstić information content (AvgIpc) is 2.46. The van der Waals surface area contributed by atoms with Crippen LogP contribution in [0.3, 0.4) is 0 Å². The van der Waals surface area contributed by atoms with Crippen molar-refractivity contribution in [1.29, 1.82) is 0 Å². The third kappa shape index (κ3) is 2.89. The molecular weight excluding hydrogens is 276 g/mol. The maximum absolute atomic E-state index is 12.4. The normalized spacial score (nSPS) is 10.2. The molecule has 20 heavy (non-hydrogen) atoms. The topological polar surface area (TPSA) is 43.4 Å². The number of benzene rings is 2. The maximum atomic E-state index is 12.4. The SMILES string of the molecule is COC(=O)c1ccc(C(=O)c2ccc(Cl)cc2C)cc1. The summed E-state index contributed by atoms with van der Waals surface area (Å²) in [5.41, 5.74) is 2.35. The number of methoxy groups -OCH3 is 1. The number of hydrogen-bond acceptors (Lipinski definition) is 3. The van der Waals surface area contributed by atoms with Crippen LogP contribution in [-0.4, -0.2) is 18.9 Å². The van der Waals surface area contributed by atoms with E-state index in [2.05, 4.69) is 4.74 Å². The van der Waals surface area contributed by atoms with Crippen molar-refractivity contribution in [3.63, 3.8) is 0 Å². The zero-order chi connectivity index (χ0) is 14.7. The van der Waals surface area contributed by atoms with Crippen molar-refractivity contribution in [2.24, 2.45) is 0 Å². The Bertz CT molecular complexity index is 660. The highest BCUT2D eigenvalue weighted by molar-refractivity contribution is 6.30. The monoisotopic (exact) mass is 288 g/mol. The van der Waals surface area contributed by atoms with Gasteiger partial charge in [0.15, 0.2) is 5.78 Å². The summed E-state index contributed by atoms with van der Waals surface area (Å²) in [5, 5.41) is 0.597. The van der Waals surface area contributed by atoms with E-state index >= 15 is 0 Å². The molecule has 102 valence electrons. The van der Waals surface area contributed by atoms with Gasteiger partial charge in [-0.15, -0.1) is 0 Å². The van der Waals surface area contributed by atoms with E-state index in [0.29, 0.717) is 21.7 Å². The van der Waals surface area contributed by atoms with Crippen molar-refractivity contribution in [3.8, 4) is 0 Å². The minimum atomic E-state index is -0.424. The molecule has 0 aromatic heterocycles. The molecule has 0 unspecified atom stereocenters. The molecule has 3 nitrogen and oxygen atoms in total. The van der Waals surface area contributed by atoms with E-state index in [-0.39, 0.29) is 5.78 Å². The van der Waals surface area contributed by atoms with E-state index in [1.807, 2.05) is 6.92 Å². The van der Waals surface area contributed by atoms with Gasteiger partial charge < -0.3 is 4.74 Å². The molecule has 0 saturated heterocycles. The summed E-state index contributed by atoms with van der Waals surface area (Å²) in [4.78, 5) is 23.7. The van der Waals surface area contributed by atoms with Gasteiger partial charge in [0.25, 0.3) is 0 Å². The highest BCUT2D eigenvalue weighted by Gasteiger charge is 2.13. The van der Waals surface area contributed by atoms with Gasteiger partial charge in [-0.2, -0.15) is 0 Å². The fourth-order valence-corrected chi connectivity index (χ4v) is 2.14. The average molecular weight is 289 g/mol. The molecule has 0 amide bonds. The molecule has 0 aliphatic carbocycles. The molecule has 2 aromatic rings. The first kappa shape index (κ1) is 14.3. The van der Waals surface area contributed by atoms with Crippen molar-refractivity contribution >= 4 is 23.4 Å². The molecule has 0 heterocycles. The zero-order valence-electron chi connectivity index (χ0n) is 11.1. The molecule has 0 radical (unpaired) electrons. The third-order valence-electron chi connectivity index (χ3n) is 3.00. The standard InChI is InChI=1S/C16H13ClO3/c1-10-9-13(17)7-8-14(10)15(18)11-3-5-12(6-4-11)16(19)20-2/h3-9H,1-2H3. The van der Waals surface area contributed by atoms with Crippen LogP contribution >= 0.6 is 11.6 Å². The molecule has 2 rings (SSSR count). The molecule has 0 spiro atoms. The summed E-state index contributed by atoms with van der Waals surface area (Å²) in [7, 11) is 1.32. The summed E-state index contributed by atoms with van der Waals surface area (Å²) >= 11 is 5.88. The van der Waals surface area contributed by atoms with Crippen molar-refractivity contribution in [2.75, 3.05) is 7.11 Å². The van der Waals surface area contributed by atoms with Gasteiger partial charge in [-0.3, -0.25) is 4.79 Å². The summed E-state index contributed by atoms with van der Waals surface area (Å²) in [6.07, 6.45) is 0. The number of halogens is 1. The largest absolute Gasteiger partial charge is 0.465 e. The second-order valence-electron chi connectivity index (χ2n) is 4.36. The second-order valence-corrected chi connectivity index (χ2v) is 4.79. The van der Waals surface area contributed by atoms with E-state index in [4.69, 9.17) is 11.6 Å². The summed E-state index contributed by atoms with van der Waals surface area (Å²) in [5.74, 6) is -0.526. The Morgan fingerprint density at radius 1 is 1.00 bits per heavy atom. The van der Waals surface area contributed by atoms with Crippen LogP contribution in [0, 0.1) is 6.92 Å². The summed E-state index contributed by atoms with van der Waals surface area (Å²) in [6.45, 7) is 1.84. The molecule has 0 saturated carbocycles. The quantitative estimate of drug-likeness (QED) is 0.639. The highest BCUT2D eigenvalue weighted by atomic mass is 35.5. The minimum Gasteiger partial charge on any atom is -0.465 e. The first-order valence-corrected chi connectivity index (χ1v) is 6.40. The molecule has 0 aliphatic heterocycles.